The van der Waals surface area contributed by atoms with Gasteiger partial charge in [0.25, 0.3) is 0 Å². The minimum atomic E-state index is -0.376. The molecule has 1 heterocycles. The molecule has 1 aliphatic carbocycles. The zero-order valence-electron chi connectivity index (χ0n) is 20.0. The molecule has 0 atom stereocenters. The topological polar surface area (TPSA) is 3.24 Å². The molecule has 6 aromatic carbocycles. The van der Waals surface area contributed by atoms with E-state index in [4.69, 9.17) is 0 Å². The number of rotatable bonds is 1. The van der Waals surface area contributed by atoms with Crippen LogP contribution in [0.2, 0.25) is 0 Å². The highest BCUT2D eigenvalue weighted by Gasteiger charge is 2.51. The molecule has 8 rings (SSSR count). The van der Waals surface area contributed by atoms with E-state index in [1.54, 1.807) is 0 Å². The molecule has 6 aromatic rings. The van der Waals surface area contributed by atoms with Crippen LogP contribution in [-0.4, -0.2) is 0 Å². The van der Waals surface area contributed by atoms with E-state index in [1.165, 1.54) is 61.2 Å². The number of para-hydroxylation sites is 2. The third-order valence-electron chi connectivity index (χ3n) is 8.12. The molecule has 0 fully saturated rings. The number of fused-ring (bicyclic) bond motifs is 10. The van der Waals surface area contributed by atoms with E-state index in [9.17, 15) is 0 Å². The van der Waals surface area contributed by atoms with Crippen molar-refractivity contribution >= 4 is 43.8 Å². The summed E-state index contributed by atoms with van der Waals surface area (Å²) in [5.74, 6) is 0. The average molecular weight is 536 g/mol. The lowest BCUT2D eigenvalue weighted by Crippen LogP contribution is -2.36. The summed E-state index contributed by atoms with van der Waals surface area (Å²) in [7, 11) is 0. The van der Waals surface area contributed by atoms with Gasteiger partial charge in [-0.1, -0.05) is 125 Å². The number of nitrogens with zero attached hydrogens (tertiary/aromatic N) is 1. The van der Waals surface area contributed by atoms with Gasteiger partial charge >= 0.3 is 0 Å². The highest BCUT2D eigenvalue weighted by Crippen LogP contribution is 2.63. The van der Waals surface area contributed by atoms with E-state index in [0.29, 0.717) is 0 Å². The Morgan fingerprint density at radius 1 is 0.432 bits per heavy atom. The molecular weight excluding hydrogens is 514 g/mol. The zero-order valence-corrected chi connectivity index (χ0v) is 21.6. The van der Waals surface area contributed by atoms with Gasteiger partial charge in [0.1, 0.15) is 0 Å². The van der Waals surface area contributed by atoms with Crippen molar-refractivity contribution < 1.29 is 0 Å². The molecule has 0 N–H and O–H groups in total. The van der Waals surface area contributed by atoms with Gasteiger partial charge in [-0.05, 0) is 63.0 Å². The van der Waals surface area contributed by atoms with Crippen LogP contribution in [0.1, 0.15) is 22.3 Å². The first-order valence-electron chi connectivity index (χ1n) is 12.7. The lowest BCUT2D eigenvalue weighted by molar-refractivity contribution is 0.753. The first-order chi connectivity index (χ1) is 18.3. The summed E-state index contributed by atoms with van der Waals surface area (Å²) >= 11 is 3.87. The largest absolute Gasteiger partial charge is 0.309 e. The lowest BCUT2D eigenvalue weighted by Gasteiger charge is -2.45. The van der Waals surface area contributed by atoms with E-state index in [0.717, 1.165) is 4.47 Å². The Morgan fingerprint density at radius 2 is 0.892 bits per heavy atom. The fourth-order valence-electron chi connectivity index (χ4n) is 6.78. The van der Waals surface area contributed by atoms with Gasteiger partial charge in [-0.3, -0.25) is 0 Å². The van der Waals surface area contributed by atoms with Crippen LogP contribution in [0.4, 0.5) is 17.1 Å². The first kappa shape index (κ1) is 21.0. The molecule has 2 heteroatoms. The van der Waals surface area contributed by atoms with Crippen molar-refractivity contribution in [1.29, 1.82) is 0 Å². The number of anilines is 3. The van der Waals surface area contributed by atoms with Crippen LogP contribution in [-0.2, 0) is 5.41 Å². The van der Waals surface area contributed by atoms with Crippen molar-refractivity contribution in [2.45, 2.75) is 5.41 Å². The molecule has 1 aliphatic heterocycles. The summed E-state index contributed by atoms with van der Waals surface area (Å²) < 4.78 is 1.10. The SMILES string of the molecule is Brc1cccc2cccc(N3c4ccccc4C4(c5ccccc5-c5ccccc54)c4ccccc43)c12. The van der Waals surface area contributed by atoms with Crippen molar-refractivity contribution in [2.75, 3.05) is 4.90 Å². The van der Waals surface area contributed by atoms with Gasteiger partial charge in [0, 0.05) is 9.86 Å². The Kier molecular flexibility index (Phi) is 4.36. The molecule has 1 nitrogen and oxygen atoms in total. The number of benzene rings is 6. The molecule has 2 aliphatic rings. The highest BCUT2D eigenvalue weighted by atomic mass is 79.9. The maximum Gasteiger partial charge on any atom is 0.0754 e. The van der Waals surface area contributed by atoms with Crippen molar-refractivity contribution in [3.8, 4) is 11.1 Å². The molecule has 174 valence electrons. The van der Waals surface area contributed by atoms with E-state index >= 15 is 0 Å². The Hall–Kier alpha value is -4.14. The van der Waals surface area contributed by atoms with Gasteiger partial charge in [-0.2, -0.15) is 0 Å². The summed E-state index contributed by atoms with van der Waals surface area (Å²) in [5, 5.41) is 2.44. The summed E-state index contributed by atoms with van der Waals surface area (Å²) in [6.45, 7) is 0. The van der Waals surface area contributed by atoms with E-state index in [1.807, 2.05) is 0 Å². The zero-order chi connectivity index (χ0) is 24.6. The molecule has 0 saturated carbocycles. The second kappa shape index (κ2) is 7.68. The van der Waals surface area contributed by atoms with Crippen LogP contribution >= 0.6 is 15.9 Å². The molecule has 0 unspecified atom stereocenters. The molecule has 1 spiro atoms. The smallest absolute Gasteiger partial charge is 0.0754 e. The van der Waals surface area contributed by atoms with Crippen molar-refractivity contribution in [3.63, 3.8) is 0 Å². The maximum absolute atomic E-state index is 3.87. The van der Waals surface area contributed by atoms with Gasteiger partial charge in [-0.15, -0.1) is 0 Å². The molecule has 0 aromatic heterocycles. The standard InChI is InChI=1S/C35H22BrN/c36-30-19-9-11-23-12-10-22-33(34(23)30)37-31-20-7-5-17-28(31)35(29-18-6-8-21-32(29)37)26-15-3-1-13-24(26)25-14-2-4-16-27(25)35/h1-22H. The summed E-state index contributed by atoms with van der Waals surface area (Å²) in [5.41, 5.74) is 11.2. The molecule has 0 saturated heterocycles. The van der Waals surface area contributed by atoms with Crippen molar-refractivity contribution in [1.82, 2.24) is 0 Å². The van der Waals surface area contributed by atoms with Gasteiger partial charge in [-0.25, -0.2) is 0 Å². The summed E-state index contributed by atoms with van der Waals surface area (Å²) in [4.78, 5) is 2.46. The molecule has 0 bridgehead atoms. The Labute approximate surface area is 224 Å². The minimum absolute atomic E-state index is 0.376. The van der Waals surface area contributed by atoms with Crippen molar-refractivity contribution in [3.05, 3.63) is 160 Å². The summed E-state index contributed by atoms with van der Waals surface area (Å²) in [6.07, 6.45) is 0. The van der Waals surface area contributed by atoms with Gasteiger partial charge in [0.05, 0.1) is 22.5 Å². The Morgan fingerprint density at radius 3 is 1.49 bits per heavy atom. The Bertz CT molecular complexity index is 1770. The average Bonchev–Trinajstić information content (AvgIpc) is 3.25. The van der Waals surface area contributed by atoms with E-state index in [-0.39, 0.29) is 5.41 Å². The number of hydrogen-bond donors (Lipinski definition) is 0. The van der Waals surface area contributed by atoms with Gasteiger partial charge in [0.2, 0.25) is 0 Å². The van der Waals surface area contributed by atoms with Gasteiger partial charge in [0.15, 0.2) is 0 Å². The lowest BCUT2D eigenvalue weighted by atomic mass is 9.64. The van der Waals surface area contributed by atoms with Crippen LogP contribution in [0.5, 0.6) is 0 Å². The van der Waals surface area contributed by atoms with Crippen LogP contribution < -0.4 is 4.90 Å². The maximum atomic E-state index is 3.87. The number of hydrogen-bond acceptors (Lipinski definition) is 1. The third-order valence-corrected chi connectivity index (χ3v) is 8.78. The quantitative estimate of drug-likeness (QED) is 0.202. The van der Waals surface area contributed by atoms with Crippen LogP contribution in [0.3, 0.4) is 0 Å². The minimum Gasteiger partial charge on any atom is -0.309 e. The molecule has 37 heavy (non-hydrogen) atoms. The summed E-state index contributed by atoms with van der Waals surface area (Å²) in [6, 6.07) is 48.9. The highest BCUT2D eigenvalue weighted by molar-refractivity contribution is 9.10. The van der Waals surface area contributed by atoms with E-state index in [2.05, 4.69) is 154 Å². The predicted octanol–water partition coefficient (Wildman–Crippen LogP) is 9.75. The first-order valence-corrected chi connectivity index (χ1v) is 13.5. The molecule has 0 radical (unpaired) electrons. The third kappa shape index (κ3) is 2.63. The molecular formula is C35H22BrN. The van der Waals surface area contributed by atoms with Crippen LogP contribution in [0.15, 0.2) is 138 Å². The monoisotopic (exact) mass is 535 g/mol. The van der Waals surface area contributed by atoms with E-state index < -0.39 is 0 Å². The van der Waals surface area contributed by atoms with Crippen LogP contribution in [0, 0.1) is 0 Å². The normalized spacial score (nSPS) is 14.2. The van der Waals surface area contributed by atoms with Crippen molar-refractivity contribution in [2.24, 2.45) is 0 Å². The van der Waals surface area contributed by atoms with Gasteiger partial charge < -0.3 is 4.90 Å². The second-order valence-electron chi connectivity index (χ2n) is 9.83. The Balaban J connectivity index is 1.55. The fourth-order valence-corrected chi connectivity index (χ4v) is 7.37. The predicted molar refractivity (Wildman–Crippen MR) is 157 cm³/mol. The molecule has 0 amide bonds. The fraction of sp³-hybridized carbons (Fsp3) is 0.0286. The van der Waals surface area contributed by atoms with Crippen LogP contribution in [0.25, 0.3) is 21.9 Å². The number of halogens is 1. The second-order valence-corrected chi connectivity index (χ2v) is 10.7.